The minimum absolute atomic E-state index is 0.945. The van der Waals surface area contributed by atoms with Crippen molar-refractivity contribution < 1.29 is 0 Å². The van der Waals surface area contributed by atoms with Gasteiger partial charge in [-0.05, 0) is 36.5 Å². The molecule has 78 valence electrons. The maximum absolute atomic E-state index is 3.21. The molecule has 0 bridgehead atoms. The van der Waals surface area contributed by atoms with Crippen LogP contribution in [0.4, 0.5) is 0 Å². The second-order valence-corrected chi connectivity index (χ2v) is 4.66. The fourth-order valence-electron chi connectivity index (χ4n) is 1.71. The number of hydrogen-bond donors (Lipinski definition) is 1. The molecule has 2 heteroatoms. The maximum Gasteiger partial charge on any atom is 0.0302 e. The van der Waals surface area contributed by atoms with Crippen molar-refractivity contribution in [3.05, 3.63) is 46.2 Å². The summed E-state index contributed by atoms with van der Waals surface area (Å²) in [5.41, 5.74) is 3.99. The van der Waals surface area contributed by atoms with Crippen molar-refractivity contribution in [2.45, 2.75) is 13.5 Å². The molecule has 2 rings (SSSR count). The summed E-state index contributed by atoms with van der Waals surface area (Å²) in [5, 5.41) is 5.36. The largest absolute Gasteiger partial charge is 0.315 e. The van der Waals surface area contributed by atoms with Crippen LogP contribution in [0.3, 0.4) is 0 Å². The zero-order valence-corrected chi connectivity index (χ0v) is 9.90. The Labute approximate surface area is 94.8 Å². The molecule has 0 saturated carbocycles. The molecule has 1 nitrogen and oxygen atoms in total. The summed E-state index contributed by atoms with van der Waals surface area (Å²) >= 11 is 1.81. The summed E-state index contributed by atoms with van der Waals surface area (Å²) in [6.45, 7) is 3.08. The molecule has 0 aliphatic heterocycles. The monoisotopic (exact) mass is 217 g/mol. The van der Waals surface area contributed by atoms with Gasteiger partial charge in [-0.1, -0.05) is 29.8 Å². The van der Waals surface area contributed by atoms with Gasteiger partial charge in [0, 0.05) is 11.4 Å². The van der Waals surface area contributed by atoms with Crippen molar-refractivity contribution in [3.8, 4) is 11.1 Å². The number of thiophene rings is 1. The second kappa shape index (κ2) is 4.60. The number of aryl methyl sites for hydroxylation is 1. The molecule has 1 aromatic carbocycles. The molecular formula is C13H15NS. The minimum atomic E-state index is 0.945. The van der Waals surface area contributed by atoms with Gasteiger partial charge < -0.3 is 5.32 Å². The highest BCUT2D eigenvalue weighted by Crippen LogP contribution is 2.28. The van der Waals surface area contributed by atoms with Crippen LogP contribution in [0.5, 0.6) is 0 Å². The number of nitrogens with one attached hydrogen (secondary N) is 1. The zero-order valence-electron chi connectivity index (χ0n) is 9.08. The molecule has 0 atom stereocenters. The SMILES string of the molecule is CNCc1sccc1-c1cccc(C)c1. The first-order valence-electron chi connectivity index (χ1n) is 5.09. The minimum Gasteiger partial charge on any atom is -0.315 e. The summed E-state index contributed by atoms with van der Waals surface area (Å²) in [6.07, 6.45) is 0. The Balaban J connectivity index is 2.40. The highest BCUT2D eigenvalue weighted by atomic mass is 32.1. The first kappa shape index (κ1) is 10.4. The van der Waals surface area contributed by atoms with Crippen molar-refractivity contribution in [2.75, 3.05) is 7.05 Å². The Morgan fingerprint density at radius 1 is 1.27 bits per heavy atom. The van der Waals surface area contributed by atoms with Crippen molar-refractivity contribution in [1.29, 1.82) is 0 Å². The van der Waals surface area contributed by atoms with Gasteiger partial charge in [0.2, 0.25) is 0 Å². The van der Waals surface area contributed by atoms with E-state index < -0.39 is 0 Å². The smallest absolute Gasteiger partial charge is 0.0302 e. The molecule has 0 radical (unpaired) electrons. The summed E-state index contributed by atoms with van der Waals surface area (Å²) in [7, 11) is 1.99. The molecule has 1 N–H and O–H groups in total. The third-order valence-electron chi connectivity index (χ3n) is 2.41. The lowest BCUT2D eigenvalue weighted by molar-refractivity contribution is 0.832. The highest BCUT2D eigenvalue weighted by molar-refractivity contribution is 7.10. The van der Waals surface area contributed by atoms with E-state index in [0.29, 0.717) is 0 Å². The van der Waals surface area contributed by atoms with Crippen LogP contribution in [-0.2, 0) is 6.54 Å². The summed E-state index contributed by atoms with van der Waals surface area (Å²) in [4.78, 5) is 1.41. The zero-order chi connectivity index (χ0) is 10.7. The lowest BCUT2D eigenvalue weighted by atomic mass is 10.0. The van der Waals surface area contributed by atoms with Gasteiger partial charge in [0.05, 0.1) is 0 Å². The van der Waals surface area contributed by atoms with Crippen LogP contribution in [0, 0.1) is 6.92 Å². The third kappa shape index (κ3) is 2.28. The summed E-state index contributed by atoms with van der Waals surface area (Å²) < 4.78 is 0. The van der Waals surface area contributed by atoms with E-state index in [1.54, 1.807) is 0 Å². The molecule has 1 heterocycles. The number of hydrogen-bond acceptors (Lipinski definition) is 2. The lowest BCUT2D eigenvalue weighted by Gasteiger charge is -2.04. The van der Waals surface area contributed by atoms with Crippen molar-refractivity contribution in [3.63, 3.8) is 0 Å². The molecule has 0 aliphatic rings. The van der Waals surface area contributed by atoms with Crippen LogP contribution in [0.1, 0.15) is 10.4 Å². The van der Waals surface area contributed by atoms with E-state index in [0.717, 1.165) is 6.54 Å². The van der Waals surface area contributed by atoms with Gasteiger partial charge in [0.1, 0.15) is 0 Å². The maximum atomic E-state index is 3.21. The quantitative estimate of drug-likeness (QED) is 0.830. The van der Waals surface area contributed by atoms with E-state index in [2.05, 4.69) is 48.0 Å². The fraction of sp³-hybridized carbons (Fsp3) is 0.231. The van der Waals surface area contributed by atoms with Crippen LogP contribution in [0.2, 0.25) is 0 Å². The molecule has 0 fully saturated rings. The molecule has 0 unspecified atom stereocenters. The predicted octanol–water partition coefficient (Wildman–Crippen LogP) is 3.44. The Hall–Kier alpha value is -1.12. The van der Waals surface area contributed by atoms with E-state index in [-0.39, 0.29) is 0 Å². The summed E-state index contributed by atoms with van der Waals surface area (Å²) in [6, 6.07) is 10.9. The Kier molecular flexibility index (Phi) is 3.19. The topological polar surface area (TPSA) is 12.0 Å². The van der Waals surface area contributed by atoms with Gasteiger partial charge in [-0.25, -0.2) is 0 Å². The van der Waals surface area contributed by atoms with E-state index in [4.69, 9.17) is 0 Å². The number of benzene rings is 1. The van der Waals surface area contributed by atoms with E-state index in [1.807, 2.05) is 18.4 Å². The van der Waals surface area contributed by atoms with Gasteiger partial charge in [0.15, 0.2) is 0 Å². The normalized spacial score (nSPS) is 10.5. The van der Waals surface area contributed by atoms with Gasteiger partial charge in [0.25, 0.3) is 0 Å². The van der Waals surface area contributed by atoms with Crippen LogP contribution in [0.15, 0.2) is 35.7 Å². The van der Waals surface area contributed by atoms with Crippen LogP contribution >= 0.6 is 11.3 Å². The van der Waals surface area contributed by atoms with Gasteiger partial charge in [-0.3, -0.25) is 0 Å². The molecular weight excluding hydrogens is 202 g/mol. The Bertz CT molecular complexity index is 445. The molecule has 0 aliphatic carbocycles. The van der Waals surface area contributed by atoms with E-state index >= 15 is 0 Å². The number of rotatable bonds is 3. The molecule has 15 heavy (non-hydrogen) atoms. The Morgan fingerprint density at radius 2 is 2.13 bits per heavy atom. The summed E-state index contributed by atoms with van der Waals surface area (Å²) in [5.74, 6) is 0. The highest BCUT2D eigenvalue weighted by Gasteiger charge is 2.05. The second-order valence-electron chi connectivity index (χ2n) is 3.66. The molecule has 0 saturated heterocycles. The molecule has 1 aromatic heterocycles. The predicted molar refractivity (Wildman–Crippen MR) is 67.3 cm³/mol. The molecule has 0 spiro atoms. The first-order valence-corrected chi connectivity index (χ1v) is 5.97. The van der Waals surface area contributed by atoms with Crippen LogP contribution < -0.4 is 5.32 Å². The van der Waals surface area contributed by atoms with Crippen LogP contribution in [-0.4, -0.2) is 7.05 Å². The fourth-order valence-corrected chi connectivity index (χ4v) is 2.62. The van der Waals surface area contributed by atoms with E-state index in [9.17, 15) is 0 Å². The first-order chi connectivity index (χ1) is 7.31. The van der Waals surface area contributed by atoms with Gasteiger partial charge in [-0.15, -0.1) is 11.3 Å². The van der Waals surface area contributed by atoms with Crippen molar-refractivity contribution in [2.24, 2.45) is 0 Å². The van der Waals surface area contributed by atoms with Gasteiger partial charge >= 0.3 is 0 Å². The average molecular weight is 217 g/mol. The Morgan fingerprint density at radius 3 is 2.87 bits per heavy atom. The third-order valence-corrected chi connectivity index (χ3v) is 3.33. The van der Waals surface area contributed by atoms with E-state index in [1.165, 1.54) is 21.6 Å². The van der Waals surface area contributed by atoms with Gasteiger partial charge in [-0.2, -0.15) is 0 Å². The lowest BCUT2D eigenvalue weighted by Crippen LogP contribution is -2.04. The standard InChI is InChI=1S/C13H15NS/c1-10-4-3-5-11(8-10)12-6-7-15-13(12)9-14-2/h3-8,14H,9H2,1-2H3. The average Bonchev–Trinajstić information content (AvgIpc) is 2.66. The molecule has 0 amide bonds. The van der Waals surface area contributed by atoms with Crippen LogP contribution in [0.25, 0.3) is 11.1 Å². The van der Waals surface area contributed by atoms with Crippen molar-refractivity contribution in [1.82, 2.24) is 5.32 Å². The molecule has 2 aromatic rings. The van der Waals surface area contributed by atoms with Crippen molar-refractivity contribution >= 4 is 11.3 Å².